The van der Waals surface area contributed by atoms with Crippen LogP contribution in [0.25, 0.3) is 10.8 Å². The van der Waals surface area contributed by atoms with Crippen molar-refractivity contribution in [3.8, 4) is 0 Å². The Hall–Kier alpha value is -3.34. The van der Waals surface area contributed by atoms with Gasteiger partial charge in [0.05, 0.1) is 6.54 Å². The number of benzene rings is 3. The maximum Gasteiger partial charge on any atom is 0.253 e. The molecule has 2 amide bonds. The van der Waals surface area contributed by atoms with E-state index in [1.165, 1.54) is 5.39 Å². The van der Waals surface area contributed by atoms with Gasteiger partial charge in [-0.25, -0.2) is 0 Å². The molecular weight excluding hydrogens is 362 g/mol. The van der Waals surface area contributed by atoms with Crippen LogP contribution in [0.4, 0.5) is 11.4 Å². The van der Waals surface area contributed by atoms with Gasteiger partial charge >= 0.3 is 0 Å². The quantitative estimate of drug-likeness (QED) is 0.652. The number of amides is 2. The fraction of sp³-hybridized carbons (Fsp3) is 0.250. The predicted molar refractivity (Wildman–Crippen MR) is 120 cm³/mol. The van der Waals surface area contributed by atoms with Gasteiger partial charge in [0.1, 0.15) is 0 Å². The number of carbonyl (C=O) groups is 2. The van der Waals surface area contributed by atoms with Crippen molar-refractivity contribution in [2.75, 3.05) is 36.9 Å². The van der Waals surface area contributed by atoms with Gasteiger partial charge in [0.2, 0.25) is 5.91 Å². The smallest absolute Gasteiger partial charge is 0.253 e. The van der Waals surface area contributed by atoms with E-state index in [4.69, 9.17) is 0 Å². The predicted octanol–water partition coefficient (Wildman–Crippen LogP) is 4.40. The Bertz CT molecular complexity index is 994. The highest BCUT2D eigenvalue weighted by atomic mass is 16.2. The summed E-state index contributed by atoms with van der Waals surface area (Å²) in [5.74, 6) is -0.104. The normalized spacial score (nSPS) is 10.6. The van der Waals surface area contributed by atoms with Crippen LogP contribution in [0.3, 0.4) is 0 Å². The number of anilines is 2. The summed E-state index contributed by atoms with van der Waals surface area (Å²) in [4.78, 5) is 28.5. The molecule has 3 aromatic carbocycles. The lowest BCUT2D eigenvalue weighted by Gasteiger charge is -2.20. The Morgan fingerprint density at radius 3 is 2.17 bits per heavy atom. The fourth-order valence-corrected chi connectivity index (χ4v) is 3.31. The van der Waals surface area contributed by atoms with Gasteiger partial charge in [-0.2, -0.15) is 0 Å². The molecule has 0 fully saturated rings. The molecule has 5 heteroatoms. The SMILES string of the molecule is CCN(CC)C(=O)c1ccc(NC(=O)CN(C)c2ccc3ccccc3c2)cc1. The number of rotatable bonds is 7. The fourth-order valence-electron chi connectivity index (χ4n) is 3.31. The van der Waals surface area contributed by atoms with Crippen LogP contribution in [-0.2, 0) is 4.79 Å². The lowest BCUT2D eigenvalue weighted by molar-refractivity contribution is -0.114. The van der Waals surface area contributed by atoms with Crippen LogP contribution >= 0.6 is 0 Å². The Kier molecular flexibility index (Phi) is 6.50. The summed E-state index contributed by atoms with van der Waals surface area (Å²) in [5.41, 5.74) is 2.29. The second-order valence-electron chi connectivity index (χ2n) is 6.99. The van der Waals surface area contributed by atoms with Gasteiger partial charge in [0, 0.05) is 37.1 Å². The third-order valence-electron chi connectivity index (χ3n) is 5.02. The van der Waals surface area contributed by atoms with Crippen LogP contribution < -0.4 is 10.2 Å². The first kappa shape index (κ1) is 20.4. The van der Waals surface area contributed by atoms with Crippen molar-refractivity contribution in [1.29, 1.82) is 0 Å². The van der Waals surface area contributed by atoms with Gasteiger partial charge in [-0.1, -0.05) is 30.3 Å². The molecule has 0 radical (unpaired) electrons. The molecule has 1 N–H and O–H groups in total. The molecule has 0 atom stereocenters. The molecule has 0 spiro atoms. The molecule has 0 aliphatic heterocycles. The Morgan fingerprint density at radius 1 is 0.862 bits per heavy atom. The first-order valence-electron chi connectivity index (χ1n) is 9.91. The summed E-state index contributed by atoms with van der Waals surface area (Å²) in [5, 5.41) is 5.22. The number of hydrogen-bond donors (Lipinski definition) is 1. The van der Waals surface area contributed by atoms with Gasteiger partial charge in [-0.3, -0.25) is 9.59 Å². The van der Waals surface area contributed by atoms with Crippen LogP contribution in [0.15, 0.2) is 66.7 Å². The summed E-state index contributed by atoms with van der Waals surface area (Å²) in [6, 6.07) is 21.4. The van der Waals surface area contributed by atoms with Crippen LogP contribution in [0.5, 0.6) is 0 Å². The van der Waals surface area contributed by atoms with Crippen molar-refractivity contribution < 1.29 is 9.59 Å². The van der Waals surface area contributed by atoms with Crippen LogP contribution in [0, 0.1) is 0 Å². The molecule has 0 heterocycles. The molecule has 3 aromatic rings. The lowest BCUT2D eigenvalue weighted by Crippen LogP contribution is -2.31. The van der Waals surface area contributed by atoms with E-state index in [1.807, 2.05) is 44.0 Å². The van der Waals surface area contributed by atoms with Crippen molar-refractivity contribution in [2.45, 2.75) is 13.8 Å². The number of carbonyl (C=O) groups excluding carboxylic acids is 2. The highest BCUT2D eigenvalue weighted by Gasteiger charge is 2.13. The van der Waals surface area contributed by atoms with Gasteiger partial charge in [-0.15, -0.1) is 0 Å². The van der Waals surface area contributed by atoms with E-state index in [1.54, 1.807) is 29.2 Å². The lowest BCUT2D eigenvalue weighted by atomic mass is 10.1. The van der Waals surface area contributed by atoms with E-state index in [-0.39, 0.29) is 18.4 Å². The molecule has 29 heavy (non-hydrogen) atoms. The van der Waals surface area contributed by atoms with E-state index in [0.717, 1.165) is 11.1 Å². The molecule has 3 rings (SSSR count). The van der Waals surface area contributed by atoms with Crippen LogP contribution in [0.1, 0.15) is 24.2 Å². The van der Waals surface area contributed by atoms with Crippen molar-refractivity contribution >= 4 is 34.0 Å². The average molecular weight is 389 g/mol. The van der Waals surface area contributed by atoms with Crippen molar-refractivity contribution in [3.05, 3.63) is 72.3 Å². The molecule has 0 unspecified atom stereocenters. The minimum atomic E-state index is -0.108. The highest BCUT2D eigenvalue weighted by molar-refractivity contribution is 5.97. The van der Waals surface area contributed by atoms with E-state index in [9.17, 15) is 9.59 Å². The summed E-state index contributed by atoms with van der Waals surface area (Å²) < 4.78 is 0. The van der Waals surface area contributed by atoms with E-state index in [0.29, 0.717) is 24.3 Å². The maximum atomic E-state index is 12.5. The number of nitrogens with one attached hydrogen (secondary N) is 1. The Balaban J connectivity index is 1.61. The van der Waals surface area contributed by atoms with E-state index < -0.39 is 0 Å². The Morgan fingerprint density at radius 2 is 1.52 bits per heavy atom. The van der Waals surface area contributed by atoms with Crippen molar-refractivity contribution in [2.24, 2.45) is 0 Å². The minimum absolute atomic E-state index is 0.00362. The number of nitrogens with zero attached hydrogens (tertiary/aromatic N) is 2. The number of fused-ring (bicyclic) bond motifs is 1. The van der Waals surface area contributed by atoms with Crippen molar-refractivity contribution in [1.82, 2.24) is 4.90 Å². The molecule has 0 aliphatic rings. The van der Waals surface area contributed by atoms with Crippen LogP contribution in [-0.4, -0.2) is 43.4 Å². The third-order valence-corrected chi connectivity index (χ3v) is 5.02. The van der Waals surface area contributed by atoms with E-state index >= 15 is 0 Å². The summed E-state index contributed by atoms with van der Waals surface area (Å²) in [6.07, 6.45) is 0. The third kappa shape index (κ3) is 4.93. The summed E-state index contributed by atoms with van der Waals surface area (Å²) in [7, 11) is 1.90. The number of likely N-dealkylation sites (N-methyl/N-ethyl adjacent to an activating group) is 1. The highest BCUT2D eigenvalue weighted by Crippen LogP contribution is 2.21. The van der Waals surface area contributed by atoms with Gasteiger partial charge < -0.3 is 15.1 Å². The molecule has 0 saturated heterocycles. The van der Waals surface area contributed by atoms with Gasteiger partial charge in [0.25, 0.3) is 5.91 Å². The zero-order valence-electron chi connectivity index (χ0n) is 17.2. The summed E-state index contributed by atoms with van der Waals surface area (Å²) >= 11 is 0. The molecule has 0 aromatic heterocycles. The second-order valence-corrected chi connectivity index (χ2v) is 6.99. The Labute approximate surface area is 171 Å². The first-order chi connectivity index (χ1) is 14.0. The first-order valence-corrected chi connectivity index (χ1v) is 9.91. The molecule has 0 saturated carbocycles. The van der Waals surface area contributed by atoms with Gasteiger partial charge in [0.15, 0.2) is 0 Å². The summed E-state index contributed by atoms with van der Waals surface area (Å²) in [6.45, 7) is 5.51. The molecule has 5 nitrogen and oxygen atoms in total. The maximum absolute atomic E-state index is 12.5. The standard InChI is InChI=1S/C24H27N3O2/c1-4-27(5-2)24(29)19-10-13-21(14-11-19)25-23(28)17-26(3)22-15-12-18-8-6-7-9-20(18)16-22/h6-16H,4-5,17H2,1-3H3,(H,25,28). The topological polar surface area (TPSA) is 52.7 Å². The molecule has 0 aliphatic carbocycles. The zero-order valence-corrected chi connectivity index (χ0v) is 17.2. The molecular formula is C24H27N3O2. The largest absolute Gasteiger partial charge is 0.365 e. The van der Waals surface area contributed by atoms with Crippen molar-refractivity contribution in [3.63, 3.8) is 0 Å². The minimum Gasteiger partial charge on any atom is -0.365 e. The van der Waals surface area contributed by atoms with Crippen LogP contribution in [0.2, 0.25) is 0 Å². The van der Waals surface area contributed by atoms with Gasteiger partial charge in [-0.05, 0) is 61.0 Å². The van der Waals surface area contributed by atoms with E-state index in [2.05, 4.69) is 29.6 Å². The second kappa shape index (κ2) is 9.24. The average Bonchev–Trinajstić information content (AvgIpc) is 2.74. The molecule has 0 bridgehead atoms. The zero-order chi connectivity index (χ0) is 20.8. The number of hydrogen-bond acceptors (Lipinski definition) is 3. The monoisotopic (exact) mass is 389 g/mol. The molecule has 150 valence electrons.